The van der Waals surface area contributed by atoms with Gasteiger partial charge in [0.25, 0.3) is 0 Å². The number of methoxy groups -OCH3 is 1. The van der Waals surface area contributed by atoms with E-state index in [2.05, 4.69) is 5.32 Å². The van der Waals surface area contributed by atoms with Gasteiger partial charge in [-0.3, -0.25) is 0 Å². The summed E-state index contributed by atoms with van der Waals surface area (Å²) >= 11 is 0. The Kier molecular flexibility index (Phi) is 5.84. The Morgan fingerprint density at radius 2 is 1.86 bits per heavy atom. The zero-order chi connectivity index (χ0) is 20.4. The Hall–Kier alpha value is -2.28. The zero-order valence-electron chi connectivity index (χ0n) is 17.1. The van der Waals surface area contributed by atoms with E-state index in [0.717, 1.165) is 18.4 Å². The Morgan fingerprint density at radius 3 is 2.43 bits per heavy atom. The molecule has 0 radical (unpaired) electrons. The van der Waals surface area contributed by atoms with Crippen LogP contribution in [0, 0.1) is 5.92 Å². The predicted octanol–water partition coefficient (Wildman–Crippen LogP) is 3.33. The summed E-state index contributed by atoms with van der Waals surface area (Å²) < 4.78 is 16.5. The molecule has 0 spiro atoms. The Morgan fingerprint density at radius 1 is 1.18 bits per heavy atom. The lowest BCUT2D eigenvalue weighted by Gasteiger charge is -2.29. The summed E-state index contributed by atoms with van der Waals surface area (Å²) in [6.45, 7) is 6.69. The van der Waals surface area contributed by atoms with Gasteiger partial charge in [0.1, 0.15) is 12.2 Å². The van der Waals surface area contributed by atoms with Crippen molar-refractivity contribution in [3.8, 4) is 0 Å². The van der Waals surface area contributed by atoms with Crippen LogP contribution in [0.3, 0.4) is 0 Å². The molecule has 2 amide bonds. The van der Waals surface area contributed by atoms with Gasteiger partial charge >= 0.3 is 12.2 Å². The van der Waals surface area contributed by atoms with Crippen molar-refractivity contribution in [1.82, 2.24) is 10.2 Å². The first kappa shape index (κ1) is 20.5. The van der Waals surface area contributed by atoms with E-state index in [1.54, 1.807) is 12.0 Å². The van der Waals surface area contributed by atoms with Gasteiger partial charge in [0, 0.05) is 19.6 Å². The number of amides is 2. The number of benzene rings is 1. The number of nitrogens with one attached hydrogen (secondary N) is 1. The Bertz CT molecular complexity index is 696. The van der Waals surface area contributed by atoms with E-state index in [1.165, 1.54) is 0 Å². The van der Waals surface area contributed by atoms with Crippen LogP contribution in [0.4, 0.5) is 9.59 Å². The second kappa shape index (κ2) is 7.99. The molecule has 0 unspecified atom stereocenters. The highest BCUT2D eigenvalue weighted by Gasteiger charge is 2.57. The summed E-state index contributed by atoms with van der Waals surface area (Å²) in [5.41, 5.74) is 0.0153. The summed E-state index contributed by atoms with van der Waals surface area (Å²) in [6, 6.07) is 9.58. The maximum absolute atomic E-state index is 12.5. The van der Waals surface area contributed by atoms with Crippen molar-refractivity contribution in [2.75, 3.05) is 20.2 Å². The minimum Gasteiger partial charge on any atom is -0.445 e. The van der Waals surface area contributed by atoms with Gasteiger partial charge in [-0.15, -0.1) is 0 Å². The predicted molar refractivity (Wildman–Crippen MR) is 104 cm³/mol. The van der Waals surface area contributed by atoms with Crippen LogP contribution in [-0.4, -0.2) is 54.5 Å². The van der Waals surface area contributed by atoms with E-state index in [1.807, 2.05) is 51.1 Å². The van der Waals surface area contributed by atoms with E-state index in [0.29, 0.717) is 13.1 Å². The number of alkyl carbamates (subject to hydrolysis) is 1. The molecule has 3 rings (SSSR count). The summed E-state index contributed by atoms with van der Waals surface area (Å²) in [5.74, 6) is 0.00861. The minimum atomic E-state index is -0.552. The molecule has 1 heterocycles. The van der Waals surface area contributed by atoms with Crippen molar-refractivity contribution < 1.29 is 23.8 Å². The van der Waals surface area contributed by atoms with Crippen molar-refractivity contribution in [3.63, 3.8) is 0 Å². The number of ether oxygens (including phenoxy) is 3. The number of nitrogens with zero attached hydrogens (tertiary/aromatic N) is 1. The van der Waals surface area contributed by atoms with Gasteiger partial charge in [0.2, 0.25) is 0 Å². The van der Waals surface area contributed by atoms with Gasteiger partial charge in [-0.2, -0.15) is 0 Å². The Balaban J connectivity index is 1.58. The first-order valence-corrected chi connectivity index (χ1v) is 9.72. The first-order valence-electron chi connectivity index (χ1n) is 9.72. The SMILES string of the molecule is CO[C@H]1CN(C(=O)OCc2ccccc2)C[C@@H]1C1(NC(=O)OC(C)(C)C)CC1. The molecule has 1 aromatic carbocycles. The van der Waals surface area contributed by atoms with Gasteiger partial charge in [0.15, 0.2) is 0 Å². The van der Waals surface area contributed by atoms with E-state index in [-0.39, 0.29) is 30.3 Å². The molecule has 0 bridgehead atoms. The van der Waals surface area contributed by atoms with Crippen molar-refractivity contribution in [3.05, 3.63) is 35.9 Å². The molecule has 2 fully saturated rings. The lowest BCUT2D eigenvalue weighted by Crippen LogP contribution is -2.48. The fraction of sp³-hybridized carbons (Fsp3) is 0.619. The van der Waals surface area contributed by atoms with Crippen LogP contribution in [0.15, 0.2) is 30.3 Å². The fourth-order valence-electron chi connectivity index (χ4n) is 3.73. The maximum atomic E-state index is 12.5. The molecule has 1 aliphatic heterocycles. The highest BCUT2D eigenvalue weighted by molar-refractivity contribution is 5.70. The zero-order valence-corrected chi connectivity index (χ0v) is 17.1. The van der Waals surface area contributed by atoms with Crippen molar-refractivity contribution >= 4 is 12.2 Å². The molecule has 0 aromatic heterocycles. The van der Waals surface area contributed by atoms with Gasteiger partial charge < -0.3 is 24.4 Å². The first-order chi connectivity index (χ1) is 13.2. The fourth-order valence-corrected chi connectivity index (χ4v) is 3.73. The highest BCUT2D eigenvalue weighted by Crippen LogP contribution is 2.47. The lowest BCUT2D eigenvalue weighted by atomic mass is 9.94. The van der Waals surface area contributed by atoms with Gasteiger partial charge in [-0.1, -0.05) is 30.3 Å². The van der Waals surface area contributed by atoms with Crippen LogP contribution in [0.1, 0.15) is 39.2 Å². The number of likely N-dealkylation sites (tertiary alicyclic amines) is 1. The van der Waals surface area contributed by atoms with E-state index < -0.39 is 11.7 Å². The van der Waals surface area contributed by atoms with Crippen LogP contribution < -0.4 is 5.32 Å². The monoisotopic (exact) mass is 390 g/mol. The van der Waals surface area contributed by atoms with E-state index >= 15 is 0 Å². The van der Waals surface area contributed by atoms with Crippen LogP contribution in [0.25, 0.3) is 0 Å². The second-order valence-corrected chi connectivity index (χ2v) is 8.61. The van der Waals surface area contributed by atoms with Crippen LogP contribution in [0.5, 0.6) is 0 Å². The third-order valence-electron chi connectivity index (χ3n) is 5.28. The molecule has 1 aromatic rings. The molecule has 28 heavy (non-hydrogen) atoms. The number of hydrogen-bond donors (Lipinski definition) is 1. The van der Waals surface area contributed by atoms with Crippen LogP contribution in [0.2, 0.25) is 0 Å². The average molecular weight is 390 g/mol. The minimum absolute atomic E-state index is 0.00861. The molecule has 2 atom stereocenters. The number of hydrogen-bond acceptors (Lipinski definition) is 5. The maximum Gasteiger partial charge on any atom is 0.410 e. The quantitative estimate of drug-likeness (QED) is 0.834. The number of carbonyl (C=O) groups excluding carboxylic acids is 2. The number of carbonyl (C=O) groups is 2. The van der Waals surface area contributed by atoms with Crippen molar-refractivity contribution in [2.45, 2.75) is 57.5 Å². The van der Waals surface area contributed by atoms with Crippen molar-refractivity contribution in [1.29, 1.82) is 0 Å². The summed E-state index contributed by atoms with van der Waals surface area (Å²) in [5, 5.41) is 3.03. The smallest absolute Gasteiger partial charge is 0.410 e. The van der Waals surface area contributed by atoms with E-state index in [9.17, 15) is 9.59 Å². The molecule has 7 nitrogen and oxygen atoms in total. The third kappa shape index (κ3) is 4.95. The third-order valence-corrected chi connectivity index (χ3v) is 5.28. The summed E-state index contributed by atoms with van der Waals surface area (Å²) in [6.07, 6.45) is 0.765. The molecule has 1 aliphatic carbocycles. The van der Waals surface area contributed by atoms with E-state index in [4.69, 9.17) is 14.2 Å². The molecular formula is C21H30N2O5. The molecule has 1 saturated carbocycles. The molecule has 2 aliphatic rings. The molecule has 1 saturated heterocycles. The standard InChI is InChI=1S/C21H30N2O5/c1-20(2,3)28-18(24)22-21(10-11-21)16-12-23(13-17(16)26-4)19(25)27-14-15-8-6-5-7-9-15/h5-9,16-17H,10-14H2,1-4H3,(H,22,24)/t16-,17-/m0/s1. The van der Waals surface area contributed by atoms with Crippen LogP contribution in [-0.2, 0) is 20.8 Å². The summed E-state index contributed by atoms with van der Waals surface area (Å²) in [4.78, 5) is 26.4. The van der Waals surface area contributed by atoms with Crippen LogP contribution >= 0.6 is 0 Å². The molecular weight excluding hydrogens is 360 g/mol. The summed E-state index contributed by atoms with van der Waals surface area (Å²) in [7, 11) is 1.64. The lowest BCUT2D eigenvalue weighted by molar-refractivity contribution is 0.0359. The van der Waals surface area contributed by atoms with Gasteiger partial charge in [0.05, 0.1) is 18.2 Å². The average Bonchev–Trinajstić information content (AvgIpc) is 3.26. The van der Waals surface area contributed by atoms with Gasteiger partial charge in [-0.25, -0.2) is 9.59 Å². The van der Waals surface area contributed by atoms with Gasteiger partial charge in [-0.05, 0) is 39.2 Å². The Labute approximate surface area is 166 Å². The highest BCUT2D eigenvalue weighted by atomic mass is 16.6. The molecule has 7 heteroatoms. The second-order valence-electron chi connectivity index (χ2n) is 8.61. The van der Waals surface area contributed by atoms with Crippen molar-refractivity contribution in [2.24, 2.45) is 5.92 Å². The largest absolute Gasteiger partial charge is 0.445 e. The molecule has 154 valence electrons. The normalized spacial score (nSPS) is 23.2. The number of rotatable bonds is 5. The topological polar surface area (TPSA) is 77.1 Å². The molecule has 1 N–H and O–H groups in total.